The number of aryl methyl sites for hydroxylation is 1. The van der Waals surface area contributed by atoms with Crippen LogP contribution in [0.15, 0.2) is 77.6 Å². The van der Waals surface area contributed by atoms with E-state index in [1.807, 2.05) is 18.2 Å². The van der Waals surface area contributed by atoms with Gasteiger partial charge in [0.1, 0.15) is 11.6 Å². The Hall–Kier alpha value is -3.93. The molecule has 0 spiro atoms. The van der Waals surface area contributed by atoms with Gasteiger partial charge in [-0.15, -0.1) is 0 Å². The van der Waals surface area contributed by atoms with Crippen LogP contribution in [0.4, 0.5) is 5.69 Å². The lowest BCUT2D eigenvalue weighted by atomic mass is 10.2. The van der Waals surface area contributed by atoms with Gasteiger partial charge >= 0.3 is 0 Å². The van der Waals surface area contributed by atoms with Crippen LogP contribution in [0.25, 0.3) is 16.6 Å². The molecule has 0 aliphatic heterocycles. The van der Waals surface area contributed by atoms with E-state index in [1.165, 1.54) is 0 Å². The summed E-state index contributed by atoms with van der Waals surface area (Å²) in [6.07, 6.45) is 2.07. The predicted molar refractivity (Wildman–Crippen MR) is 127 cm³/mol. The van der Waals surface area contributed by atoms with Crippen LogP contribution in [0.2, 0.25) is 0 Å². The number of nitrogens with zero attached hydrogens (tertiary/aromatic N) is 2. The van der Waals surface area contributed by atoms with Crippen molar-refractivity contribution >= 4 is 22.5 Å². The summed E-state index contributed by atoms with van der Waals surface area (Å²) in [6.45, 7) is 4.59. The third kappa shape index (κ3) is 4.54. The number of hydrogen-bond donors (Lipinski definition) is 1. The smallest absolute Gasteiger partial charge is 0.265 e. The van der Waals surface area contributed by atoms with Crippen LogP contribution >= 0.6 is 0 Å². The number of ether oxygens (including phenoxy) is 1. The van der Waals surface area contributed by atoms with Crippen molar-refractivity contribution in [3.05, 3.63) is 94.5 Å². The molecule has 3 aromatic carbocycles. The van der Waals surface area contributed by atoms with Crippen molar-refractivity contribution in [2.75, 3.05) is 11.9 Å². The first-order valence-electron chi connectivity index (χ1n) is 10.7. The van der Waals surface area contributed by atoms with Gasteiger partial charge in [0.05, 0.1) is 23.2 Å². The highest BCUT2D eigenvalue weighted by molar-refractivity contribution is 6.04. The van der Waals surface area contributed by atoms with E-state index in [0.717, 1.165) is 18.6 Å². The van der Waals surface area contributed by atoms with Gasteiger partial charge in [0.2, 0.25) is 0 Å². The fourth-order valence-corrected chi connectivity index (χ4v) is 3.48. The van der Waals surface area contributed by atoms with Crippen LogP contribution in [-0.4, -0.2) is 22.1 Å². The van der Waals surface area contributed by atoms with Gasteiger partial charge in [-0.2, -0.15) is 0 Å². The van der Waals surface area contributed by atoms with Crippen LogP contribution in [-0.2, 0) is 0 Å². The van der Waals surface area contributed by atoms with E-state index in [1.54, 1.807) is 66.1 Å². The first kappa shape index (κ1) is 21.3. The fourth-order valence-electron chi connectivity index (χ4n) is 3.48. The molecule has 1 aromatic heterocycles. The SMILES string of the molecule is CCCCOc1ccc(C(=O)Nc2ccc(-n3c(C)nc4ccccc4c3=O)cc2)cc1. The number of hydrogen-bond acceptors (Lipinski definition) is 4. The molecule has 1 amide bonds. The van der Waals surface area contributed by atoms with E-state index in [4.69, 9.17) is 4.74 Å². The summed E-state index contributed by atoms with van der Waals surface area (Å²) in [4.78, 5) is 30.1. The molecule has 1 N–H and O–H groups in total. The lowest BCUT2D eigenvalue weighted by Crippen LogP contribution is -2.22. The van der Waals surface area contributed by atoms with Crippen molar-refractivity contribution in [1.82, 2.24) is 9.55 Å². The second-order valence-corrected chi connectivity index (χ2v) is 7.54. The molecule has 0 aliphatic rings. The molecule has 4 aromatic rings. The van der Waals surface area contributed by atoms with Crippen LogP contribution in [0.5, 0.6) is 5.75 Å². The molecule has 1 heterocycles. The zero-order valence-corrected chi connectivity index (χ0v) is 18.2. The number of benzene rings is 3. The molecule has 4 rings (SSSR count). The van der Waals surface area contributed by atoms with E-state index < -0.39 is 0 Å². The maximum absolute atomic E-state index is 13.0. The van der Waals surface area contributed by atoms with Gasteiger partial charge in [-0.25, -0.2) is 4.98 Å². The van der Waals surface area contributed by atoms with Gasteiger partial charge < -0.3 is 10.1 Å². The van der Waals surface area contributed by atoms with Crippen molar-refractivity contribution in [2.45, 2.75) is 26.7 Å². The van der Waals surface area contributed by atoms with Gasteiger partial charge in [0, 0.05) is 11.3 Å². The summed E-state index contributed by atoms with van der Waals surface area (Å²) in [6, 6.07) is 21.5. The Bertz CT molecular complexity index is 1290. The molecule has 6 heteroatoms. The molecule has 0 unspecified atom stereocenters. The summed E-state index contributed by atoms with van der Waals surface area (Å²) >= 11 is 0. The van der Waals surface area contributed by atoms with E-state index >= 15 is 0 Å². The number of para-hydroxylation sites is 1. The number of nitrogens with one attached hydrogen (secondary N) is 1. The number of carbonyl (C=O) groups is 1. The highest BCUT2D eigenvalue weighted by Gasteiger charge is 2.11. The molecule has 32 heavy (non-hydrogen) atoms. The molecule has 0 fully saturated rings. The highest BCUT2D eigenvalue weighted by atomic mass is 16.5. The molecule has 0 bridgehead atoms. The average molecular weight is 428 g/mol. The summed E-state index contributed by atoms with van der Waals surface area (Å²) in [5, 5.41) is 3.45. The third-order valence-corrected chi connectivity index (χ3v) is 5.21. The maximum Gasteiger partial charge on any atom is 0.265 e. The fraction of sp³-hybridized carbons (Fsp3) is 0.192. The number of aromatic nitrogens is 2. The molecule has 0 saturated carbocycles. The number of unbranched alkanes of at least 4 members (excludes halogenated alkanes) is 1. The largest absolute Gasteiger partial charge is 0.494 e. The predicted octanol–water partition coefficient (Wildman–Crippen LogP) is 5.13. The Morgan fingerprint density at radius 3 is 2.44 bits per heavy atom. The topological polar surface area (TPSA) is 73.2 Å². The first-order chi connectivity index (χ1) is 15.6. The molecule has 0 radical (unpaired) electrons. The van der Waals surface area contributed by atoms with E-state index in [9.17, 15) is 9.59 Å². The highest BCUT2D eigenvalue weighted by Crippen LogP contribution is 2.18. The zero-order valence-electron chi connectivity index (χ0n) is 18.2. The van der Waals surface area contributed by atoms with Crippen LogP contribution in [0, 0.1) is 6.92 Å². The lowest BCUT2D eigenvalue weighted by molar-refractivity contribution is 0.102. The maximum atomic E-state index is 13.0. The Morgan fingerprint density at radius 2 is 1.72 bits per heavy atom. The molecule has 0 saturated heterocycles. The number of rotatable bonds is 7. The quantitative estimate of drug-likeness (QED) is 0.415. The van der Waals surface area contributed by atoms with Crippen LogP contribution in [0.3, 0.4) is 0 Å². The number of carbonyl (C=O) groups excluding carboxylic acids is 1. The molecule has 0 aliphatic carbocycles. The summed E-state index contributed by atoms with van der Waals surface area (Å²) in [5.41, 5.74) is 2.43. The monoisotopic (exact) mass is 427 g/mol. The van der Waals surface area contributed by atoms with E-state index in [-0.39, 0.29) is 11.5 Å². The Morgan fingerprint density at radius 1 is 1.00 bits per heavy atom. The van der Waals surface area contributed by atoms with Crippen molar-refractivity contribution in [3.8, 4) is 11.4 Å². The van der Waals surface area contributed by atoms with Gasteiger partial charge in [-0.3, -0.25) is 14.2 Å². The second-order valence-electron chi connectivity index (χ2n) is 7.54. The second kappa shape index (κ2) is 9.47. The molecule has 162 valence electrons. The zero-order chi connectivity index (χ0) is 22.5. The van der Waals surface area contributed by atoms with Crippen LogP contribution in [0.1, 0.15) is 35.9 Å². The Balaban J connectivity index is 1.49. The van der Waals surface area contributed by atoms with Crippen molar-refractivity contribution in [3.63, 3.8) is 0 Å². The molecule has 0 atom stereocenters. The van der Waals surface area contributed by atoms with Gasteiger partial charge in [-0.1, -0.05) is 25.5 Å². The standard InChI is InChI=1S/C26H25N3O3/c1-3-4-17-32-22-15-9-19(10-16-22)25(30)28-20-11-13-21(14-12-20)29-18(2)27-24-8-6-5-7-23(24)26(29)31/h5-16H,3-4,17H2,1-2H3,(H,28,30). The van der Waals surface area contributed by atoms with Crippen molar-refractivity contribution < 1.29 is 9.53 Å². The Kier molecular flexibility index (Phi) is 6.31. The minimum Gasteiger partial charge on any atom is -0.494 e. The van der Waals surface area contributed by atoms with Crippen LogP contribution < -0.4 is 15.6 Å². The number of amides is 1. The number of anilines is 1. The molecule has 6 nitrogen and oxygen atoms in total. The minimum absolute atomic E-state index is 0.119. The van der Waals surface area contributed by atoms with Crippen molar-refractivity contribution in [2.24, 2.45) is 0 Å². The lowest BCUT2D eigenvalue weighted by Gasteiger charge is -2.12. The minimum atomic E-state index is -0.210. The third-order valence-electron chi connectivity index (χ3n) is 5.21. The normalized spacial score (nSPS) is 10.8. The van der Waals surface area contributed by atoms with E-state index in [0.29, 0.717) is 40.3 Å². The van der Waals surface area contributed by atoms with E-state index in [2.05, 4.69) is 17.2 Å². The molecular weight excluding hydrogens is 402 g/mol. The molecular formula is C26H25N3O3. The summed E-state index contributed by atoms with van der Waals surface area (Å²) < 4.78 is 7.21. The first-order valence-corrected chi connectivity index (χ1v) is 10.7. The Labute approximate surface area is 186 Å². The van der Waals surface area contributed by atoms with Gasteiger partial charge in [0.15, 0.2) is 0 Å². The van der Waals surface area contributed by atoms with Crippen molar-refractivity contribution in [1.29, 1.82) is 0 Å². The van der Waals surface area contributed by atoms with Gasteiger partial charge in [-0.05, 0) is 74.0 Å². The summed E-state index contributed by atoms with van der Waals surface area (Å²) in [7, 11) is 0. The summed E-state index contributed by atoms with van der Waals surface area (Å²) in [5.74, 6) is 1.15. The van der Waals surface area contributed by atoms with Gasteiger partial charge in [0.25, 0.3) is 11.5 Å². The number of fused-ring (bicyclic) bond motifs is 1. The average Bonchev–Trinajstić information content (AvgIpc) is 2.81.